The van der Waals surface area contributed by atoms with E-state index >= 15 is 0 Å². The van der Waals surface area contributed by atoms with Crippen LogP contribution >= 0.6 is 11.3 Å². The number of anilines is 1. The molecule has 1 aliphatic rings. The van der Waals surface area contributed by atoms with Crippen molar-refractivity contribution in [2.75, 3.05) is 24.6 Å². The molecule has 8 heteroatoms. The van der Waals surface area contributed by atoms with Crippen LogP contribution in [0.3, 0.4) is 0 Å². The first-order chi connectivity index (χ1) is 13.9. The van der Waals surface area contributed by atoms with Gasteiger partial charge in [0, 0.05) is 24.0 Å². The molecule has 0 spiro atoms. The van der Waals surface area contributed by atoms with E-state index in [1.807, 2.05) is 6.92 Å². The molecule has 1 amide bonds. The second kappa shape index (κ2) is 9.52. The zero-order valence-electron chi connectivity index (χ0n) is 17.7. The minimum Gasteiger partial charge on any atom is -0.455 e. The molecule has 0 saturated carbocycles. The number of aryl methyl sites for hydroxylation is 2. The van der Waals surface area contributed by atoms with Crippen LogP contribution in [0.4, 0.5) is 5.82 Å². The lowest BCUT2D eigenvalue weighted by molar-refractivity contribution is -0.153. The van der Waals surface area contributed by atoms with Crippen molar-refractivity contribution < 1.29 is 14.3 Å². The number of piperidine rings is 1. The highest BCUT2D eigenvalue weighted by atomic mass is 32.1. The van der Waals surface area contributed by atoms with E-state index in [0.717, 1.165) is 42.0 Å². The Labute approximate surface area is 175 Å². The normalized spacial score (nSPS) is 16.1. The molecule has 0 aliphatic carbocycles. The second-order valence-electron chi connectivity index (χ2n) is 7.79. The van der Waals surface area contributed by atoms with Gasteiger partial charge in [-0.2, -0.15) is 0 Å². The van der Waals surface area contributed by atoms with E-state index in [2.05, 4.69) is 41.0 Å². The Bertz CT molecular complexity index is 874. The Morgan fingerprint density at radius 2 is 2.03 bits per heavy atom. The zero-order chi connectivity index (χ0) is 21.0. The van der Waals surface area contributed by atoms with Crippen LogP contribution in [0, 0.1) is 19.8 Å². The van der Waals surface area contributed by atoms with E-state index in [1.54, 1.807) is 17.7 Å². The maximum absolute atomic E-state index is 12.4. The quantitative estimate of drug-likeness (QED) is 0.694. The molecule has 1 aliphatic heterocycles. The molecule has 7 nitrogen and oxygen atoms in total. The summed E-state index contributed by atoms with van der Waals surface area (Å²) in [6.07, 6.45) is 4.92. The SMILES string of the molecule is CCC[C@@H](C)NC(=O)COC(=O)C1CCN(c2ncnc3sc(C)c(C)c23)CC1. The topological polar surface area (TPSA) is 84.4 Å². The van der Waals surface area contributed by atoms with Crippen molar-refractivity contribution in [1.82, 2.24) is 15.3 Å². The fourth-order valence-corrected chi connectivity index (χ4v) is 4.80. The van der Waals surface area contributed by atoms with Gasteiger partial charge >= 0.3 is 5.97 Å². The summed E-state index contributed by atoms with van der Waals surface area (Å²) < 4.78 is 5.26. The van der Waals surface area contributed by atoms with Gasteiger partial charge in [0.1, 0.15) is 17.0 Å². The average molecular weight is 419 g/mol. The van der Waals surface area contributed by atoms with Crippen LogP contribution in [0.25, 0.3) is 10.2 Å². The molecule has 0 radical (unpaired) electrons. The van der Waals surface area contributed by atoms with Gasteiger partial charge in [-0.3, -0.25) is 9.59 Å². The maximum atomic E-state index is 12.4. The monoisotopic (exact) mass is 418 g/mol. The number of nitrogens with one attached hydrogen (secondary N) is 1. The van der Waals surface area contributed by atoms with Crippen molar-refractivity contribution >= 4 is 39.2 Å². The highest BCUT2D eigenvalue weighted by molar-refractivity contribution is 7.18. The van der Waals surface area contributed by atoms with Crippen LogP contribution in [0.1, 0.15) is 50.0 Å². The predicted octanol–water partition coefficient (Wildman–Crippen LogP) is 3.37. The van der Waals surface area contributed by atoms with Crippen LogP contribution < -0.4 is 10.2 Å². The fourth-order valence-electron chi connectivity index (χ4n) is 3.81. The Hall–Kier alpha value is -2.22. The van der Waals surface area contributed by atoms with Crippen molar-refractivity contribution in [2.45, 2.75) is 59.4 Å². The molecular formula is C21H30N4O3S. The molecule has 1 N–H and O–H groups in total. The van der Waals surface area contributed by atoms with Gasteiger partial charge in [0.2, 0.25) is 0 Å². The van der Waals surface area contributed by atoms with E-state index in [1.165, 1.54) is 10.4 Å². The molecule has 0 aromatic carbocycles. The first-order valence-electron chi connectivity index (χ1n) is 10.3. The summed E-state index contributed by atoms with van der Waals surface area (Å²) in [6.45, 7) is 9.51. The molecular weight excluding hydrogens is 388 g/mol. The number of rotatable bonds is 7. The standard InChI is InChI=1S/C21H30N4O3S/c1-5-6-13(2)24-17(26)11-28-21(27)16-7-9-25(10-8-16)19-18-14(3)15(4)29-20(18)23-12-22-19/h12-13,16H,5-11H2,1-4H3,(H,24,26)/t13-/m1/s1. The molecule has 1 saturated heterocycles. The van der Waals surface area contributed by atoms with Crippen LogP contribution in [0.5, 0.6) is 0 Å². The van der Waals surface area contributed by atoms with Crippen molar-refractivity contribution in [3.05, 3.63) is 16.8 Å². The molecule has 2 aromatic heterocycles. The minimum absolute atomic E-state index is 0.100. The molecule has 0 unspecified atom stereocenters. The third kappa shape index (κ3) is 5.04. The molecule has 0 bridgehead atoms. The lowest BCUT2D eigenvalue weighted by atomic mass is 9.97. The highest BCUT2D eigenvalue weighted by Gasteiger charge is 2.28. The summed E-state index contributed by atoms with van der Waals surface area (Å²) >= 11 is 1.69. The van der Waals surface area contributed by atoms with Crippen molar-refractivity contribution in [3.63, 3.8) is 0 Å². The highest BCUT2D eigenvalue weighted by Crippen LogP contribution is 2.35. The lowest BCUT2D eigenvalue weighted by Crippen LogP contribution is -2.39. The van der Waals surface area contributed by atoms with Crippen LogP contribution in [0.15, 0.2) is 6.33 Å². The Balaban J connectivity index is 1.53. The van der Waals surface area contributed by atoms with Crippen molar-refractivity contribution in [2.24, 2.45) is 5.92 Å². The van der Waals surface area contributed by atoms with Crippen LogP contribution in [0.2, 0.25) is 0 Å². The van der Waals surface area contributed by atoms with E-state index < -0.39 is 0 Å². The number of thiophene rings is 1. The number of hydrogen-bond donors (Lipinski definition) is 1. The zero-order valence-corrected chi connectivity index (χ0v) is 18.5. The molecule has 29 heavy (non-hydrogen) atoms. The summed E-state index contributed by atoms with van der Waals surface area (Å²) in [4.78, 5) is 37.7. The predicted molar refractivity (Wildman–Crippen MR) is 115 cm³/mol. The smallest absolute Gasteiger partial charge is 0.309 e. The Kier molecular flexibility index (Phi) is 7.05. The first kappa shape index (κ1) is 21.5. The number of ether oxygens (including phenoxy) is 1. The van der Waals surface area contributed by atoms with Crippen molar-refractivity contribution in [1.29, 1.82) is 0 Å². The van der Waals surface area contributed by atoms with Crippen LogP contribution in [-0.4, -0.2) is 47.6 Å². The van der Waals surface area contributed by atoms with Gasteiger partial charge in [-0.1, -0.05) is 13.3 Å². The van der Waals surface area contributed by atoms with E-state index in [9.17, 15) is 9.59 Å². The van der Waals surface area contributed by atoms with Gasteiger partial charge in [-0.05, 0) is 45.6 Å². The number of nitrogens with zero attached hydrogens (tertiary/aromatic N) is 3. The number of fused-ring (bicyclic) bond motifs is 1. The third-order valence-electron chi connectivity index (χ3n) is 5.55. The molecule has 1 atom stereocenters. The van der Waals surface area contributed by atoms with Gasteiger partial charge in [0.15, 0.2) is 6.61 Å². The summed E-state index contributed by atoms with van der Waals surface area (Å²) in [6, 6.07) is 0.100. The van der Waals surface area contributed by atoms with Gasteiger partial charge in [0.05, 0.1) is 11.3 Å². The lowest BCUT2D eigenvalue weighted by Gasteiger charge is -2.32. The van der Waals surface area contributed by atoms with Gasteiger partial charge in [0.25, 0.3) is 5.91 Å². The molecule has 1 fully saturated rings. The number of carbonyl (C=O) groups excluding carboxylic acids is 2. The Morgan fingerprint density at radius 1 is 1.31 bits per heavy atom. The van der Waals surface area contributed by atoms with E-state index in [0.29, 0.717) is 12.8 Å². The first-order valence-corrected chi connectivity index (χ1v) is 11.1. The molecule has 3 heterocycles. The Morgan fingerprint density at radius 3 is 2.72 bits per heavy atom. The number of carbonyl (C=O) groups is 2. The number of hydrogen-bond acceptors (Lipinski definition) is 7. The maximum Gasteiger partial charge on any atom is 0.309 e. The summed E-state index contributed by atoms with van der Waals surface area (Å²) in [5.41, 5.74) is 1.23. The molecule has 2 aromatic rings. The minimum atomic E-state index is -0.279. The van der Waals surface area contributed by atoms with E-state index in [4.69, 9.17) is 4.74 Å². The third-order valence-corrected chi connectivity index (χ3v) is 6.66. The summed E-state index contributed by atoms with van der Waals surface area (Å²) in [5.74, 6) is 0.268. The fraction of sp³-hybridized carbons (Fsp3) is 0.619. The number of esters is 1. The average Bonchev–Trinajstić information content (AvgIpc) is 3.00. The van der Waals surface area contributed by atoms with Gasteiger partial charge in [-0.25, -0.2) is 9.97 Å². The number of amides is 1. The second-order valence-corrected chi connectivity index (χ2v) is 8.99. The van der Waals surface area contributed by atoms with Gasteiger partial charge in [-0.15, -0.1) is 11.3 Å². The largest absolute Gasteiger partial charge is 0.455 e. The van der Waals surface area contributed by atoms with Crippen LogP contribution in [-0.2, 0) is 14.3 Å². The molecule has 3 rings (SSSR count). The molecule has 158 valence electrons. The van der Waals surface area contributed by atoms with E-state index in [-0.39, 0.29) is 30.4 Å². The summed E-state index contributed by atoms with van der Waals surface area (Å²) in [5, 5.41) is 3.97. The number of aromatic nitrogens is 2. The van der Waals surface area contributed by atoms with Gasteiger partial charge < -0.3 is 15.0 Å². The van der Waals surface area contributed by atoms with Crippen molar-refractivity contribution in [3.8, 4) is 0 Å². The summed E-state index contributed by atoms with van der Waals surface area (Å²) in [7, 11) is 0.